The second-order valence-electron chi connectivity index (χ2n) is 10.5. The number of hydrogen-bond acceptors (Lipinski definition) is 7. The van der Waals surface area contributed by atoms with Gasteiger partial charge in [-0.2, -0.15) is 4.98 Å². The fourth-order valence-corrected chi connectivity index (χ4v) is 5.97. The van der Waals surface area contributed by atoms with Crippen LogP contribution in [0.4, 0.5) is 5.69 Å². The number of fused-ring (bicyclic) bond motifs is 3. The van der Waals surface area contributed by atoms with E-state index < -0.39 is 6.04 Å². The predicted octanol–water partition coefficient (Wildman–Crippen LogP) is 5.25. The van der Waals surface area contributed by atoms with E-state index in [1.54, 1.807) is 7.11 Å². The Morgan fingerprint density at radius 2 is 1.69 bits per heavy atom. The van der Waals surface area contributed by atoms with Gasteiger partial charge in [0.2, 0.25) is 5.82 Å². The molecule has 3 fully saturated rings. The third-order valence-corrected chi connectivity index (χ3v) is 8.04. The highest BCUT2D eigenvalue weighted by molar-refractivity contribution is 5.81. The minimum absolute atomic E-state index is 0.149. The third-order valence-electron chi connectivity index (χ3n) is 8.04. The highest BCUT2D eigenvalue weighted by Gasteiger charge is 2.48. The summed E-state index contributed by atoms with van der Waals surface area (Å²) >= 11 is 0. The van der Waals surface area contributed by atoms with Crippen molar-refractivity contribution in [3.8, 4) is 17.2 Å². The summed E-state index contributed by atoms with van der Waals surface area (Å²) < 4.78 is 18.2. The zero-order valence-corrected chi connectivity index (χ0v) is 22.0. The van der Waals surface area contributed by atoms with E-state index in [0.29, 0.717) is 29.9 Å². The molecule has 200 valence electrons. The van der Waals surface area contributed by atoms with Gasteiger partial charge in [-0.25, -0.2) is 4.79 Å². The molecule has 4 aromatic rings. The Hall–Kier alpha value is -4.17. The molecule has 0 saturated carbocycles. The van der Waals surface area contributed by atoms with Gasteiger partial charge in [-0.05, 0) is 29.8 Å². The average molecular weight is 526 g/mol. The number of quaternary nitrogens is 1. The lowest BCUT2D eigenvalue weighted by molar-refractivity contribution is -0.958. The summed E-state index contributed by atoms with van der Waals surface area (Å²) in [6.07, 6.45) is 1.87. The number of rotatable bonds is 9. The molecule has 0 aliphatic carbocycles. The maximum atomic E-state index is 13.6. The van der Waals surface area contributed by atoms with Crippen LogP contribution >= 0.6 is 0 Å². The Morgan fingerprint density at radius 3 is 2.44 bits per heavy atom. The smallest absolute Gasteiger partial charge is 0.333 e. The summed E-state index contributed by atoms with van der Waals surface area (Å²) in [4.78, 5) is 18.3. The van der Waals surface area contributed by atoms with Crippen molar-refractivity contribution in [3.63, 3.8) is 0 Å². The number of anilines is 1. The number of para-hydroxylation sites is 2. The molecular weight excluding hydrogens is 492 g/mol. The SMILES string of the molecule is COc1ccccc1-c1nc(C[N+]23CCC(CC2)[C@@H](OC(=O)C(Nc2ccccc2)c2ccccc2)C3)no1. The van der Waals surface area contributed by atoms with Crippen LogP contribution in [0.1, 0.15) is 30.3 Å². The molecule has 8 nitrogen and oxygen atoms in total. The number of methoxy groups -OCH3 is 1. The molecule has 1 unspecified atom stereocenters. The highest BCUT2D eigenvalue weighted by atomic mass is 16.5. The summed E-state index contributed by atoms with van der Waals surface area (Å²) in [6, 6.07) is 26.6. The molecule has 0 amide bonds. The summed E-state index contributed by atoms with van der Waals surface area (Å²) in [5.41, 5.74) is 2.54. The van der Waals surface area contributed by atoms with Gasteiger partial charge < -0.3 is 23.8 Å². The van der Waals surface area contributed by atoms with Crippen LogP contribution < -0.4 is 10.1 Å². The topological polar surface area (TPSA) is 86.5 Å². The number of nitrogens with one attached hydrogen (secondary N) is 1. The zero-order valence-electron chi connectivity index (χ0n) is 22.0. The number of nitrogens with zero attached hydrogens (tertiary/aromatic N) is 3. The molecule has 1 aromatic heterocycles. The highest BCUT2D eigenvalue weighted by Crippen LogP contribution is 2.38. The van der Waals surface area contributed by atoms with Crippen LogP contribution in [0.3, 0.4) is 0 Å². The van der Waals surface area contributed by atoms with Crippen LogP contribution in [0, 0.1) is 5.92 Å². The van der Waals surface area contributed by atoms with E-state index in [1.165, 1.54) is 0 Å². The fraction of sp³-hybridized carbons (Fsp3) is 0.323. The molecule has 3 aliphatic heterocycles. The lowest BCUT2D eigenvalue weighted by atomic mass is 9.83. The van der Waals surface area contributed by atoms with Crippen molar-refractivity contribution in [3.05, 3.63) is 96.3 Å². The van der Waals surface area contributed by atoms with E-state index >= 15 is 0 Å². The minimum atomic E-state index is -0.585. The monoisotopic (exact) mass is 525 g/mol. The summed E-state index contributed by atoms with van der Waals surface area (Å²) in [5, 5.41) is 7.68. The maximum absolute atomic E-state index is 13.6. The first-order valence-electron chi connectivity index (χ1n) is 13.5. The molecule has 2 atom stereocenters. The number of benzene rings is 3. The Bertz CT molecular complexity index is 1400. The Morgan fingerprint density at radius 1 is 1.00 bits per heavy atom. The molecular formula is C31H33N4O4+. The molecule has 0 radical (unpaired) electrons. The lowest BCUT2D eigenvalue weighted by Crippen LogP contribution is -2.64. The van der Waals surface area contributed by atoms with Gasteiger partial charge >= 0.3 is 5.97 Å². The van der Waals surface area contributed by atoms with Gasteiger partial charge in [0.25, 0.3) is 5.89 Å². The van der Waals surface area contributed by atoms with Crippen molar-refractivity contribution < 1.29 is 23.3 Å². The molecule has 3 saturated heterocycles. The summed E-state index contributed by atoms with van der Waals surface area (Å²) in [6.45, 7) is 3.43. The number of hydrogen-bond donors (Lipinski definition) is 1. The lowest BCUT2D eigenvalue weighted by Gasteiger charge is -2.51. The van der Waals surface area contributed by atoms with Crippen LogP contribution in [-0.2, 0) is 16.1 Å². The Kier molecular flexibility index (Phi) is 7.02. The van der Waals surface area contributed by atoms with Crippen LogP contribution in [0.25, 0.3) is 11.5 Å². The number of piperidine rings is 3. The Labute approximate surface area is 228 Å². The first-order chi connectivity index (χ1) is 19.1. The van der Waals surface area contributed by atoms with Crippen molar-refractivity contribution in [2.45, 2.75) is 31.5 Å². The van der Waals surface area contributed by atoms with Gasteiger partial charge in [0.1, 0.15) is 18.8 Å². The largest absolute Gasteiger partial charge is 0.496 e. The van der Waals surface area contributed by atoms with E-state index in [9.17, 15) is 4.79 Å². The normalized spacial score (nSPS) is 22.7. The van der Waals surface area contributed by atoms with E-state index in [0.717, 1.165) is 53.8 Å². The van der Waals surface area contributed by atoms with Crippen molar-refractivity contribution in [1.82, 2.24) is 10.1 Å². The maximum Gasteiger partial charge on any atom is 0.333 e. The first-order valence-corrected chi connectivity index (χ1v) is 13.5. The molecule has 2 bridgehead atoms. The quantitative estimate of drug-likeness (QED) is 0.236. The summed E-state index contributed by atoms with van der Waals surface area (Å²) in [7, 11) is 1.63. The predicted molar refractivity (Wildman–Crippen MR) is 147 cm³/mol. The van der Waals surface area contributed by atoms with Crippen LogP contribution in [0.15, 0.2) is 89.5 Å². The van der Waals surface area contributed by atoms with E-state index in [1.807, 2.05) is 84.9 Å². The van der Waals surface area contributed by atoms with Gasteiger partial charge in [-0.1, -0.05) is 65.8 Å². The average Bonchev–Trinajstić information content (AvgIpc) is 3.45. The first kappa shape index (κ1) is 25.1. The standard InChI is InChI=1S/C31H33N4O4/c1-37-26-15-9-8-14-25(26)30-33-28(34-39-30)21-35-18-16-22(17-19-35)27(20-35)38-31(36)29(23-10-4-2-5-11-23)32-24-12-6-3-7-13-24/h2-15,22,27,29,32H,16-21H2,1H3/q+1/t22?,27-,29?,35?/m0/s1. The fourth-order valence-electron chi connectivity index (χ4n) is 5.97. The van der Waals surface area contributed by atoms with Crippen molar-refractivity contribution in [2.24, 2.45) is 5.92 Å². The van der Waals surface area contributed by atoms with Gasteiger partial charge in [-0.3, -0.25) is 0 Å². The molecule has 7 rings (SSSR count). The van der Waals surface area contributed by atoms with Gasteiger partial charge in [0.05, 0.1) is 25.8 Å². The molecule has 3 aromatic carbocycles. The van der Waals surface area contributed by atoms with Gasteiger partial charge in [-0.15, -0.1) is 0 Å². The van der Waals surface area contributed by atoms with Crippen molar-refractivity contribution in [1.29, 1.82) is 0 Å². The molecule has 4 heterocycles. The van der Waals surface area contributed by atoms with E-state index in [-0.39, 0.29) is 12.1 Å². The number of carbonyl (C=O) groups excluding carboxylic acids is 1. The molecule has 39 heavy (non-hydrogen) atoms. The van der Waals surface area contributed by atoms with E-state index in [2.05, 4.69) is 10.5 Å². The second-order valence-corrected chi connectivity index (χ2v) is 10.5. The number of esters is 1. The van der Waals surface area contributed by atoms with Crippen molar-refractivity contribution in [2.75, 3.05) is 32.1 Å². The summed E-state index contributed by atoms with van der Waals surface area (Å²) in [5.74, 6) is 1.93. The third kappa shape index (κ3) is 5.38. The number of carbonyl (C=O) groups is 1. The second kappa shape index (κ2) is 10.9. The zero-order chi connectivity index (χ0) is 26.7. The molecule has 1 N–H and O–H groups in total. The Balaban J connectivity index is 1.17. The van der Waals surface area contributed by atoms with Crippen molar-refractivity contribution >= 4 is 11.7 Å². The molecule has 0 spiro atoms. The van der Waals surface area contributed by atoms with Crippen LogP contribution in [0.5, 0.6) is 5.75 Å². The van der Waals surface area contributed by atoms with E-state index in [4.69, 9.17) is 19.0 Å². The number of aromatic nitrogens is 2. The molecule has 3 aliphatic rings. The number of ether oxygens (including phenoxy) is 2. The van der Waals surface area contributed by atoms with Gasteiger partial charge in [0.15, 0.2) is 12.1 Å². The minimum Gasteiger partial charge on any atom is -0.496 e. The van der Waals surface area contributed by atoms with Crippen LogP contribution in [-0.4, -0.2) is 53.4 Å². The van der Waals surface area contributed by atoms with Gasteiger partial charge in [0, 0.05) is 24.4 Å². The molecule has 8 heteroatoms. The van der Waals surface area contributed by atoms with Crippen LogP contribution in [0.2, 0.25) is 0 Å².